The maximum absolute atomic E-state index is 9.75. The molecule has 23 heavy (non-hydrogen) atoms. The third-order valence-electron chi connectivity index (χ3n) is 5.27. The van der Waals surface area contributed by atoms with Gasteiger partial charge < -0.3 is 20.7 Å². The maximum Gasteiger partial charge on any atom is 0.490 e. The Hall–Kier alpha value is -1.20. The topological polar surface area (TPSA) is 64.5 Å². The van der Waals surface area contributed by atoms with Crippen LogP contribution < -0.4 is 16.1 Å². The first-order valence-electron chi connectivity index (χ1n) is 9.25. The minimum Gasteiger partial charge on any atom is -0.423 e. The van der Waals surface area contributed by atoms with Crippen LogP contribution in [0.15, 0.2) is 18.2 Å². The van der Waals surface area contributed by atoms with Crippen LogP contribution in [-0.4, -0.2) is 29.3 Å². The molecule has 2 aliphatic rings. The van der Waals surface area contributed by atoms with Crippen LogP contribution in [0.1, 0.15) is 64.2 Å². The van der Waals surface area contributed by atoms with Crippen LogP contribution in [0, 0.1) is 0 Å². The van der Waals surface area contributed by atoms with Crippen molar-refractivity contribution in [1.82, 2.24) is 0 Å². The first-order valence-corrected chi connectivity index (χ1v) is 9.25. The third-order valence-corrected chi connectivity index (χ3v) is 5.27. The monoisotopic (exact) mass is 316 g/mol. The lowest BCUT2D eigenvalue weighted by Gasteiger charge is -2.27. The zero-order valence-electron chi connectivity index (χ0n) is 13.9. The Labute approximate surface area is 139 Å². The third kappa shape index (κ3) is 4.64. The fourth-order valence-corrected chi connectivity index (χ4v) is 3.95. The van der Waals surface area contributed by atoms with Crippen molar-refractivity contribution in [3.05, 3.63) is 18.2 Å². The Morgan fingerprint density at radius 2 is 1.35 bits per heavy atom. The molecule has 0 amide bonds. The fourth-order valence-electron chi connectivity index (χ4n) is 3.95. The first-order chi connectivity index (χ1) is 11.2. The number of rotatable bonds is 5. The summed E-state index contributed by atoms with van der Waals surface area (Å²) in [5.74, 6) is 0. The minimum atomic E-state index is -1.44. The van der Waals surface area contributed by atoms with Gasteiger partial charge in [-0.25, -0.2) is 0 Å². The Kier molecular flexibility index (Phi) is 5.84. The molecule has 0 aromatic heterocycles. The molecule has 0 unspecified atom stereocenters. The van der Waals surface area contributed by atoms with E-state index in [1.807, 2.05) is 12.1 Å². The van der Waals surface area contributed by atoms with Gasteiger partial charge in [-0.1, -0.05) is 38.5 Å². The zero-order valence-corrected chi connectivity index (χ0v) is 13.9. The highest BCUT2D eigenvalue weighted by Gasteiger charge is 2.21. The van der Waals surface area contributed by atoms with Gasteiger partial charge in [-0.2, -0.15) is 0 Å². The largest absolute Gasteiger partial charge is 0.490 e. The van der Waals surface area contributed by atoms with E-state index in [-0.39, 0.29) is 0 Å². The van der Waals surface area contributed by atoms with E-state index < -0.39 is 7.12 Å². The lowest BCUT2D eigenvalue weighted by Crippen LogP contribution is -2.35. The molecule has 0 radical (unpaired) electrons. The number of anilines is 2. The summed E-state index contributed by atoms with van der Waals surface area (Å²) in [5, 5.41) is 26.6. The number of nitrogens with one attached hydrogen (secondary N) is 2. The Balaban J connectivity index is 1.69. The lowest BCUT2D eigenvalue weighted by atomic mass is 9.78. The standard InChI is InChI=1S/C18H29BN2O2/c22-19(23)17-13-16(20-14-7-3-1-4-8-14)11-12-18(17)21-15-9-5-2-6-10-15/h11-15,20-23H,1-10H2. The average Bonchev–Trinajstić information content (AvgIpc) is 2.58. The molecule has 4 N–H and O–H groups in total. The van der Waals surface area contributed by atoms with Crippen molar-refractivity contribution in [1.29, 1.82) is 0 Å². The van der Waals surface area contributed by atoms with E-state index in [1.54, 1.807) is 0 Å². The highest BCUT2D eigenvalue weighted by atomic mass is 16.4. The Bertz CT molecular complexity index is 498. The molecule has 4 nitrogen and oxygen atoms in total. The number of benzene rings is 1. The van der Waals surface area contributed by atoms with E-state index in [1.165, 1.54) is 64.2 Å². The molecule has 0 aliphatic heterocycles. The van der Waals surface area contributed by atoms with Gasteiger partial charge in [-0.3, -0.25) is 0 Å². The molecule has 0 atom stereocenters. The van der Waals surface area contributed by atoms with Gasteiger partial charge in [0.1, 0.15) is 0 Å². The molecule has 0 saturated heterocycles. The van der Waals surface area contributed by atoms with Gasteiger partial charge in [0.2, 0.25) is 0 Å². The second-order valence-corrected chi connectivity index (χ2v) is 7.13. The van der Waals surface area contributed by atoms with E-state index in [0.717, 1.165) is 11.4 Å². The summed E-state index contributed by atoms with van der Waals surface area (Å²) < 4.78 is 0. The van der Waals surface area contributed by atoms with Crippen LogP contribution in [0.2, 0.25) is 0 Å². The lowest BCUT2D eigenvalue weighted by molar-refractivity contribution is 0.425. The summed E-state index contributed by atoms with van der Waals surface area (Å²) in [7, 11) is -1.44. The van der Waals surface area contributed by atoms with Crippen molar-refractivity contribution in [3.8, 4) is 0 Å². The van der Waals surface area contributed by atoms with Crippen molar-refractivity contribution >= 4 is 24.0 Å². The zero-order chi connectivity index (χ0) is 16.1. The quantitative estimate of drug-likeness (QED) is 0.631. The second-order valence-electron chi connectivity index (χ2n) is 7.13. The van der Waals surface area contributed by atoms with E-state index in [4.69, 9.17) is 0 Å². The van der Waals surface area contributed by atoms with Crippen LogP contribution in [0.3, 0.4) is 0 Å². The predicted molar refractivity (Wildman–Crippen MR) is 97.3 cm³/mol. The second kappa shape index (κ2) is 8.07. The van der Waals surface area contributed by atoms with Gasteiger partial charge in [-0.15, -0.1) is 0 Å². The molecule has 3 rings (SSSR count). The normalized spacial score (nSPS) is 20.3. The molecule has 0 spiro atoms. The van der Waals surface area contributed by atoms with E-state index in [0.29, 0.717) is 17.5 Å². The molecule has 5 heteroatoms. The van der Waals surface area contributed by atoms with Gasteiger partial charge in [0.25, 0.3) is 0 Å². The Morgan fingerprint density at radius 3 is 1.91 bits per heavy atom. The van der Waals surface area contributed by atoms with Crippen LogP contribution >= 0.6 is 0 Å². The van der Waals surface area contributed by atoms with Crippen LogP contribution in [0.4, 0.5) is 11.4 Å². The van der Waals surface area contributed by atoms with E-state index >= 15 is 0 Å². The van der Waals surface area contributed by atoms with Crippen molar-refractivity contribution in [2.24, 2.45) is 0 Å². The van der Waals surface area contributed by atoms with Gasteiger partial charge in [0, 0.05) is 28.9 Å². The smallest absolute Gasteiger partial charge is 0.423 e. The molecular weight excluding hydrogens is 287 g/mol. The molecular formula is C18H29BN2O2. The van der Waals surface area contributed by atoms with E-state index in [9.17, 15) is 10.0 Å². The van der Waals surface area contributed by atoms with E-state index in [2.05, 4.69) is 16.7 Å². The fraction of sp³-hybridized carbons (Fsp3) is 0.667. The summed E-state index contributed by atoms with van der Waals surface area (Å²) >= 11 is 0. The van der Waals surface area contributed by atoms with Gasteiger partial charge >= 0.3 is 7.12 Å². The van der Waals surface area contributed by atoms with Crippen LogP contribution in [0.5, 0.6) is 0 Å². The van der Waals surface area contributed by atoms with Crippen LogP contribution in [0.25, 0.3) is 0 Å². The molecule has 126 valence electrons. The number of hydrogen-bond donors (Lipinski definition) is 4. The van der Waals surface area contributed by atoms with Gasteiger partial charge in [0.05, 0.1) is 0 Å². The predicted octanol–water partition coefficient (Wildman–Crippen LogP) is 2.86. The highest BCUT2D eigenvalue weighted by molar-refractivity contribution is 6.60. The molecule has 0 bridgehead atoms. The van der Waals surface area contributed by atoms with Crippen molar-refractivity contribution in [2.75, 3.05) is 10.6 Å². The van der Waals surface area contributed by atoms with Gasteiger partial charge in [0.15, 0.2) is 0 Å². The summed E-state index contributed by atoms with van der Waals surface area (Å²) in [5.41, 5.74) is 2.44. The van der Waals surface area contributed by atoms with Crippen molar-refractivity contribution in [3.63, 3.8) is 0 Å². The number of hydrogen-bond acceptors (Lipinski definition) is 4. The summed E-state index contributed by atoms with van der Waals surface area (Å²) in [6.07, 6.45) is 12.5. The average molecular weight is 316 g/mol. The first kappa shape index (κ1) is 16.7. The summed E-state index contributed by atoms with van der Waals surface area (Å²) in [6, 6.07) is 6.92. The van der Waals surface area contributed by atoms with Crippen LogP contribution in [-0.2, 0) is 0 Å². The Morgan fingerprint density at radius 1 is 0.783 bits per heavy atom. The molecule has 2 aliphatic carbocycles. The van der Waals surface area contributed by atoms with Gasteiger partial charge in [-0.05, 0) is 43.9 Å². The SMILES string of the molecule is OB(O)c1cc(NC2CCCCC2)ccc1NC1CCCCC1. The molecule has 0 heterocycles. The molecule has 1 aromatic carbocycles. The molecule has 2 fully saturated rings. The molecule has 2 saturated carbocycles. The highest BCUT2D eigenvalue weighted by Crippen LogP contribution is 2.24. The molecule has 1 aromatic rings. The summed E-state index contributed by atoms with van der Waals surface area (Å²) in [6.45, 7) is 0. The van der Waals surface area contributed by atoms with Crippen molar-refractivity contribution in [2.45, 2.75) is 76.3 Å². The maximum atomic E-state index is 9.75. The minimum absolute atomic E-state index is 0.457. The summed E-state index contributed by atoms with van der Waals surface area (Å²) in [4.78, 5) is 0. The van der Waals surface area contributed by atoms with Crippen molar-refractivity contribution < 1.29 is 10.0 Å².